The molecule has 5 nitrogen and oxygen atoms in total. The molecule has 1 fully saturated rings. The Balaban J connectivity index is 1.85. The van der Waals surface area contributed by atoms with Crippen LogP contribution in [0.15, 0.2) is 18.3 Å². The van der Waals surface area contributed by atoms with Gasteiger partial charge in [0.25, 0.3) is 0 Å². The molecule has 5 heteroatoms. The summed E-state index contributed by atoms with van der Waals surface area (Å²) in [6.07, 6.45) is 4.74. The molecule has 1 amide bonds. The summed E-state index contributed by atoms with van der Waals surface area (Å²) in [5.74, 6) is 0.525. The molecule has 1 aromatic rings. The van der Waals surface area contributed by atoms with Crippen LogP contribution in [0, 0.1) is 11.8 Å². The second-order valence-corrected chi connectivity index (χ2v) is 4.47. The molecule has 2 unspecified atom stereocenters. The number of carbonyl (C=O) groups is 1. The predicted molar refractivity (Wildman–Crippen MR) is 63.8 cm³/mol. The first-order valence-electron chi connectivity index (χ1n) is 6.05. The van der Waals surface area contributed by atoms with E-state index in [1.165, 1.54) is 0 Å². The lowest BCUT2D eigenvalue weighted by Gasteiger charge is -2.16. The van der Waals surface area contributed by atoms with E-state index in [9.17, 15) is 4.79 Å². The number of rotatable bonds is 4. The van der Waals surface area contributed by atoms with Crippen LogP contribution in [-0.2, 0) is 11.3 Å². The van der Waals surface area contributed by atoms with Gasteiger partial charge in [-0.25, -0.2) is 0 Å². The molecule has 2 rings (SSSR count). The average molecular weight is 234 g/mol. The van der Waals surface area contributed by atoms with E-state index in [0.717, 1.165) is 25.0 Å². The Hall–Kier alpha value is -1.49. The molecule has 1 saturated carbocycles. The van der Waals surface area contributed by atoms with Gasteiger partial charge in [0.15, 0.2) is 0 Å². The number of amides is 1. The highest BCUT2D eigenvalue weighted by Crippen LogP contribution is 2.30. The molecule has 0 spiro atoms. The molecule has 1 aliphatic carbocycles. The molecular weight excluding hydrogens is 216 g/mol. The highest BCUT2D eigenvalue weighted by Gasteiger charge is 2.31. The van der Waals surface area contributed by atoms with Gasteiger partial charge in [-0.2, -0.15) is 10.2 Å². The van der Waals surface area contributed by atoms with Crippen LogP contribution in [-0.4, -0.2) is 22.6 Å². The second kappa shape index (κ2) is 5.72. The first-order chi connectivity index (χ1) is 8.31. The first-order valence-corrected chi connectivity index (χ1v) is 6.05. The highest BCUT2D eigenvalue weighted by atomic mass is 16.1. The number of hydrogen-bond acceptors (Lipinski definition) is 4. The summed E-state index contributed by atoms with van der Waals surface area (Å²) < 4.78 is 0. The van der Waals surface area contributed by atoms with Gasteiger partial charge >= 0.3 is 0 Å². The van der Waals surface area contributed by atoms with Gasteiger partial charge in [-0.1, -0.05) is 6.42 Å². The van der Waals surface area contributed by atoms with Gasteiger partial charge in [0, 0.05) is 12.1 Å². The van der Waals surface area contributed by atoms with E-state index in [0.29, 0.717) is 19.0 Å². The average Bonchev–Trinajstić information content (AvgIpc) is 2.85. The highest BCUT2D eigenvalue weighted by molar-refractivity contribution is 5.79. The fourth-order valence-corrected chi connectivity index (χ4v) is 2.40. The van der Waals surface area contributed by atoms with Crippen LogP contribution in [0.3, 0.4) is 0 Å². The largest absolute Gasteiger partial charge is 0.350 e. The summed E-state index contributed by atoms with van der Waals surface area (Å²) in [5, 5.41) is 10.6. The molecule has 0 aromatic carbocycles. The van der Waals surface area contributed by atoms with E-state index in [1.54, 1.807) is 6.20 Å². The van der Waals surface area contributed by atoms with E-state index in [-0.39, 0.29) is 11.8 Å². The van der Waals surface area contributed by atoms with Crippen LogP contribution in [0.4, 0.5) is 0 Å². The van der Waals surface area contributed by atoms with Crippen LogP contribution < -0.4 is 11.1 Å². The van der Waals surface area contributed by atoms with Gasteiger partial charge in [-0.05, 0) is 37.4 Å². The van der Waals surface area contributed by atoms with Gasteiger partial charge in [0.05, 0.1) is 12.2 Å². The minimum atomic E-state index is 0.0803. The number of aromatic nitrogens is 2. The molecule has 0 saturated heterocycles. The first kappa shape index (κ1) is 12.0. The van der Waals surface area contributed by atoms with Crippen molar-refractivity contribution in [1.82, 2.24) is 15.5 Å². The zero-order chi connectivity index (χ0) is 12.1. The van der Waals surface area contributed by atoms with Crippen LogP contribution in [0.5, 0.6) is 0 Å². The van der Waals surface area contributed by atoms with Crippen molar-refractivity contribution in [3.63, 3.8) is 0 Å². The lowest BCUT2D eigenvalue weighted by Crippen LogP contribution is -2.34. The van der Waals surface area contributed by atoms with Gasteiger partial charge in [0.2, 0.25) is 5.91 Å². The summed E-state index contributed by atoms with van der Waals surface area (Å²) in [6.45, 7) is 1.05. The second-order valence-electron chi connectivity index (χ2n) is 4.47. The third-order valence-electron chi connectivity index (χ3n) is 3.37. The Morgan fingerprint density at radius 1 is 1.53 bits per heavy atom. The molecule has 2 atom stereocenters. The minimum Gasteiger partial charge on any atom is -0.350 e. The standard InChI is InChI=1S/C12H18N4O/c13-7-9-3-1-5-11(9)12(17)14-8-10-4-2-6-15-16-10/h2,4,6,9,11H,1,3,5,7-8,13H2,(H,14,17). The number of nitrogens with two attached hydrogens (primary N) is 1. The Morgan fingerprint density at radius 3 is 3.12 bits per heavy atom. The summed E-state index contributed by atoms with van der Waals surface area (Å²) in [5.41, 5.74) is 6.45. The molecule has 0 bridgehead atoms. The van der Waals surface area contributed by atoms with Crippen molar-refractivity contribution in [3.05, 3.63) is 24.0 Å². The quantitative estimate of drug-likeness (QED) is 0.793. The molecular formula is C12H18N4O. The summed E-state index contributed by atoms with van der Waals surface area (Å²) >= 11 is 0. The zero-order valence-electron chi connectivity index (χ0n) is 9.80. The Kier molecular flexibility index (Phi) is 4.03. The van der Waals surface area contributed by atoms with Crippen molar-refractivity contribution in [2.45, 2.75) is 25.8 Å². The van der Waals surface area contributed by atoms with E-state index >= 15 is 0 Å². The zero-order valence-corrected chi connectivity index (χ0v) is 9.80. The molecule has 92 valence electrons. The van der Waals surface area contributed by atoms with Crippen molar-refractivity contribution in [1.29, 1.82) is 0 Å². The molecule has 1 aromatic heterocycles. The third kappa shape index (κ3) is 3.00. The van der Waals surface area contributed by atoms with E-state index in [4.69, 9.17) is 5.73 Å². The van der Waals surface area contributed by atoms with Crippen molar-refractivity contribution in [2.75, 3.05) is 6.54 Å². The van der Waals surface area contributed by atoms with E-state index < -0.39 is 0 Å². The third-order valence-corrected chi connectivity index (χ3v) is 3.37. The summed E-state index contributed by atoms with van der Waals surface area (Å²) in [7, 11) is 0. The van der Waals surface area contributed by atoms with E-state index in [1.807, 2.05) is 12.1 Å². The molecule has 1 aliphatic rings. The normalized spacial score (nSPS) is 23.6. The maximum Gasteiger partial charge on any atom is 0.223 e. The summed E-state index contributed by atoms with van der Waals surface area (Å²) in [6, 6.07) is 3.66. The Bertz CT molecular complexity index is 368. The Labute approximate surface area is 101 Å². The topological polar surface area (TPSA) is 80.9 Å². The molecule has 0 radical (unpaired) electrons. The molecule has 0 aliphatic heterocycles. The maximum atomic E-state index is 12.0. The monoisotopic (exact) mass is 234 g/mol. The Morgan fingerprint density at radius 2 is 2.41 bits per heavy atom. The van der Waals surface area contributed by atoms with Gasteiger partial charge in [0.1, 0.15) is 0 Å². The summed E-state index contributed by atoms with van der Waals surface area (Å²) in [4.78, 5) is 12.0. The van der Waals surface area contributed by atoms with Crippen LogP contribution >= 0.6 is 0 Å². The molecule has 3 N–H and O–H groups in total. The number of hydrogen-bond donors (Lipinski definition) is 2. The van der Waals surface area contributed by atoms with Crippen molar-refractivity contribution in [3.8, 4) is 0 Å². The number of nitrogens with one attached hydrogen (secondary N) is 1. The van der Waals surface area contributed by atoms with Crippen LogP contribution in [0.1, 0.15) is 25.0 Å². The fraction of sp³-hybridized carbons (Fsp3) is 0.583. The molecule has 1 heterocycles. The number of carbonyl (C=O) groups excluding carboxylic acids is 1. The van der Waals surface area contributed by atoms with Gasteiger partial charge in [-0.3, -0.25) is 4.79 Å². The minimum absolute atomic E-state index is 0.0803. The lowest BCUT2D eigenvalue weighted by molar-refractivity contribution is -0.126. The van der Waals surface area contributed by atoms with Crippen molar-refractivity contribution < 1.29 is 4.79 Å². The van der Waals surface area contributed by atoms with Gasteiger partial charge < -0.3 is 11.1 Å². The number of nitrogens with zero attached hydrogens (tertiary/aromatic N) is 2. The SMILES string of the molecule is NCC1CCCC1C(=O)NCc1cccnn1. The lowest BCUT2D eigenvalue weighted by atomic mass is 9.95. The van der Waals surface area contributed by atoms with Crippen LogP contribution in [0.25, 0.3) is 0 Å². The van der Waals surface area contributed by atoms with Crippen LogP contribution in [0.2, 0.25) is 0 Å². The molecule has 17 heavy (non-hydrogen) atoms. The maximum absolute atomic E-state index is 12.0. The van der Waals surface area contributed by atoms with Gasteiger partial charge in [-0.15, -0.1) is 0 Å². The fourth-order valence-electron chi connectivity index (χ4n) is 2.40. The predicted octanol–water partition coefficient (Wildman–Crippen LogP) is 0.468. The van der Waals surface area contributed by atoms with E-state index in [2.05, 4.69) is 15.5 Å². The van der Waals surface area contributed by atoms with Crippen molar-refractivity contribution >= 4 is 5.91 Å². The van der Waals surface area contributed by atoms with Crippen molar-refractivity contribution in [2.24, 2.45) is 17.6 Å². The smallest absolute Gasteiger partial charge is 0.223 e.